The van der Waals surface area contributed by atoms with E-state index in [1.54, 1.807) is 0 Å². The Balaban J connectivity index is 3.94. The minimum atomic E-state index is -4.40. The number of amides is 1. The Hall–Kier alpha value is -0.700. The Bertz CT molecular complexity index is 793. The molecule has 288 valence electrons. The number of aliphatic hydroxyl groups excluding tert-OH is 2. The van der Waals surface area contributed by atoms with Crippen LogP contribution in [0.5, 0.6) is 0 Å². The molecule has 0 aromatic carbocycles. The molecule has 0 saturated heterocycles. The molecule has 1 amide bonds. The van der Waals surface area contributed by atoms with Crippen LogP contribution >= 0.6 is 0 Å². The molecule has 3 unspecified atom stereocenters. The van der Waals surface area contributed by atoms with Crippen molar-refractivity contribution in [3.05, 3.63) is 0 Å². The van der Waals surface area contributed by atoms with Crippen LogP contribution in [0.15, 0.2) is 0 Å². The van der Waals surface area contributed by atoms with Gasteiger partial charge in [-0.15, -0.1) is 0 Å². The third-order valence-corrected chi connectivity index (χ3v) is 10.7. The number of carbonyl (C=O) groups excluding carboxylic acids is 1. The lowest BCUT2D eigenvalue weighted by Gasteiger charge is -2.24. The molecule has 0 aromatic rings. The normalized spacial score (nSPS) is 13.9. The van der Waals surface area contributed by atoms with Crippen LogP contribution in [0.1, 0.15) is 226 Å². The molecule has 8 heteroatoms. The topological polar surface area (TPSA) is 124 Å². The van der Waals surface area contributed by atoms with Gasteiger partial charge in [0, 0.05) is 0 Å². The summed E-state index contributed by atoms with van der Waals surface area (Å²) in [5.74, 6) is -1.44. The molecule has 7 nitrogen and oxygen atoms in total. The molecule has 0 aliphatic heterocycles. The standard InChI is InChI=1S/C40H81NO6S/c1-3-5-7-9-11-13-15-17-19-21-23-25-27-29-31-33-35-39(43)40(44)41-37(36-48(45,46)47)38(42)34-32-30-28-26-24-22-20-18-16-14-12-10-8-6-4-2/h37-39,42-43H,3-36H2,1-2H3,(H,41,44)(H,45,46,47). The van der Waals surface area contributed by atoms with Crippen LogP contribution in [0, 0.1) is 0 Å². The first-order valence-electron chi connectivity index (χ1n) is 20.8. The van der Waals surface area contributed by atoms with Crippen LogP contribution in [0.25, 0.3) is 0 Å². The summed E-state index contributed by atoms with van der Waals surface area (Å²) in [6.07, 6.45) is 36.9. The molecule has 0 spiro atoms. The lowest BCUT2D eigenvalue weighted by molar-refractivity contribution is -0.131. The monoisotopic (exact) mass is 704 g/mol. The van der Waals surface area contributed by atoms with Gasteiger partial charge in [-0.1, -0.05) is 213 Å². The number of nitrogens with one attached hydrogen (secondary N) is 1. The van der Waals surface area contributed by atoms with E-state index >= 15 is 0 Å². The summed E-state index contributed by atoms with van der Waals surface area (Å²) < 4.78 is 32.6. The van der Waals surface area contributed by atoms with E-state index in [1.807, 2.05) is 0 Å². The summed E-state index contributed by atoms with van der Waals surface area (Å²) in [5.41, 5.74) is 0. The molecule has 0 fully saturated rings. The lowest BCUT2D eigenvalue weighted by Crippen LogP contribution is -2.50. The maximum absolute atomic E-state index is 12.6. The maximum atomic E-state index is 12.6. The number of aliphatic hydroxyl groups is 2. The van der Waals surface area contributed by atoms with Crippen molar-refractivity contribution >= 4 is 16.0 Å². The van der Waals surface area contributed by atoms with Crippen molar-refractivity contribution < 1.29 is 28.0 Å². The van der Waals surface area contributed by atoms with Crippen LogP contribution in [-0.4, -0.2) is 53.1 Å². The molecule has 0 bridgehead atoms. The Kier molecular flexibility index (Phi) is 34.2. The molecule has 0 radical (unpaired) electrons. The summed E-state index contributed by atoms with van der Waals surface area (Å²) in [4.78, 5) is 12.6. The lowest BCUT2D eigenvalue weighted by atomic mass is 10.0. The van der Waals surface area contributed by atoms with Crippen molar-refractivity contribution in [2.75, 3.05) is 5.75 Å². The van der Waals surface area contributed by atoms with Gasteiger partial charge in [0.15, 0.2) is 0 Å². The van der Waals surface area contributed by atoms with Gasteiger partial charge in [-0.2, -0.15) is 8.42 Å². The fraction of sp³-hybridized carbons (Fsp3) is 0.975. The second-order valence-electron chi connectivity index (χ2n) is 14.8. The van der Waals surface area contributed by atoms with Crippen LogP contribution in [-0.2, 0) is 14.9 Å². The third-order valence-electron chi connectivity index (χ3n) is 9.92. The smallest absolute Gasteiger partial charge is 0.266 e. The van der Waals surface area contributed by atoms with E-state index in [0.717, 1.165) is 44.9 Å². The molecule has 0 aliphatic rings. The quantitative estimate of drug-likeness (QED) is 0.0375. The summed E-state index contributed by atoms with van der Waals surface area (Å²) in [5, 5.41) is 23.5. The van der Waals surface area contributed by atoms with Crippen LogP contribution in [0.2, 0.25) is 0 Å². The molecular weight excluding hydrogens is 623 g/mol. The SMILES string of the molecule is CCCCCCCCCCCCCCCCCCC(O)C(=O)NC(CS(=O)(=O)O)C(O)CCCCCCCCCCCCCCCCC. The van der Waals surface area contributed by atoms with E-state index in [1.165, 1.54) is 154 Å². The van der Waals surface area contributed by atoms with Crippen molar-refractivity contribution in [3.8, 4) is 0 Å². The van der Waals surface area contributed by atoms with Gasteiger partial charge in [0.1, 0.15) is 6.10 Å². The van der Waals surface area contributed by atoms with Gasteiger partial charge in [-0.05, 0) is 12.8 Å². The first kappa shape index (κ1) is 47.3. The minimum Gasteiger partial charge on any atom is -0.391 e. The van der Waals surface area contributed by atoms with Gasteiger partial charge in [-0.3, -0.25) is 9.35 Å². The predicted octanol–water partition coefficient (Wildman–Crippen LogP) is 11.0. The van der Waals surface area contributed by atoms with E-state index in [9.17, 15) is 28.0 Å². The Morgan fingerprint density at radius 2 is 0.750 bits per heavy atom. The minimum absolute atomic E-state index is 0.304. The summed E-state index contributed by atoms with van der Waals surface area (Å²) in [6.45, 7) is 4.51. The number of unbranched alkanes of at least 4 members (excludes halogenated alkanes) is 29. The van der Waals surface area contributed by atoms with Crippen molar-refractivity contribution in [2.24, 2.45) is 0 Å². The first-order valence-corrected chi connectivity index (χ1v) is 22.4. The molecular formula is C40H81NO6S. The highest BCUT2D eigenvalue weighted by Gasteiger charge is 2.28. The molecule has 4 N–H and O–H groups in total. The van der Waals surface area contributed by atoms with Crippen LogP contribution in [0.4, 0.5) is 0 Å². The molecule has 0 aromatic heterocycles. The van der Waals surface area contributed by atoms with Crippen molar-refractivity contribution in [1.29, 1.82) is 0 Å². The number of hydrogen-bond donors (Lipinski definition) is 4. The summed E-state index contributed by atoms with van der Waals surface area (Å²) >= 11 is 0. The number of rotatable bonds is 38. The second kappa shape index (κ2) is 34.7. The number of carbonyl (C=O) groups is 1. The van der Waals surface area contributed by atoms with Gasteiger partial charge in [-0.25, -0.2) is 0 Å². The molecule has 3 atom stereocenters. The Morgan fingerprint density at radius 3 is 1.04 bits per heavy atom. The van der Waals surface area contributed by atoms with Gasteiger partial charge in [0.2, 0.25) is 5.91 Å². The van der Waals surface area contributed by atoms with Gasteiger partial charge >= 0.3 is 0 Å². The van der Waals surface area contributed by atoms with Crippen molar-refractivity contribution in [2.45, 2.75) is 244 Å². The van der Waals surface area contributed by atoms with E-state index < -0.39 is 40.0 Å². The summed E-state index contributed by atoms with van der Waals surface area (Å²) in [7, 11) is -4.40. The highest BCUT2D eigenvalue weighted by molar-refractivity contribution is 7.85. The highest BCUT2D eigenvalue weighted by atomic mass is 32.2. The second-order valence-corrected chi connectivity index (χ2v) is 16.3. The molecule has 48 heavy (non-hydrogen) atoms. The molecule has 0 rings (SSSR count). The largest absolute Gasteiger partial charge is 0.391 e. The average Bonchev–Trinajstić information content (AvgIpc) is 3.05. The Morgan fingerprint density at radius 1 is 0.479 bits per heavy atom. The zero-order valence-corrected chi connectivity index (χ0v) is 32.6. The van der Waals surface area contributed by atoms with E-state index in [4.69, 9.17) is 0 Å². The van der Waals surface area contributed by atoms with E-state index in [-0.39, 0.29) is 0 Å². The summed E-state index contributed by atoms with van der Waals surface area (Å²) in [6, 6.07) is -1.14. The zero-order chi connectivity index (χ0) is 35.6. The Labute approximate surface area is 298 Å². The fourth-order valence-electron chi connectivity index (χ4n) is 6.70. The van der Waals surface area contributed by atoms with Crippen molar-refractivity contribution in [1.82, 2.24) is 5.32 Å². The van der Waals surface area contributed by atoms with Gasteiger partial charge in [0.05, 0.1) is 17.9 Å². The average molecular weight is 704 g/mol. The van der Waals surface area contributed by atoms with Gasteiger partial charge in [0.25, 0.3) is 10.1 Å². The predicted molar refractivity (Wildman–Crippen MR) is 204 cm³/mol. The van der Waals surface area contributed by atoms with Gasteiger partial charge < -0.3 is 15.5 Å². The maximum Gasteiger partial charge on any atom is 0.266 e. The van der Waals surface area contributed by atoms with Crippen molar-refractivity contribution in [3.63, 3.8) is 0 Å². The zero-order valence-electron chi connectivity index (χ0n) is 31.7. The highest BCUT2D eigenvalue weighted by Crippen LogP contribution is 2.17. The van der Waals surface area contributed by atoms with E-state index in [0.29, 0.717) is 12.8 Å². The fourth-order valence-corrected chi connectivity index (χ4v) is 7.46. The van der Waals surface area contributed by atoms with E-state index in [2.05, 4.69) is 19.2 Å². The van der Waals surface area contributed by atoms with Crippen LogP contribution in [0.3, 0.4) is 0 Å². The molecule has 0 saturated carbocycles. The van der Waals surface area contributed by atoms with Crippen LogP contribution < -0.4 is 5.32 Å². The first-order chi connectivity index (χ1) is 23.2. The molecule has 0 heterocycles. The third kappa shape index (κ3) is 33.8. The molecule has 0 aliphatic carbocycles. The number of hydrogen-bond acceptors (Lipinski definition) is 5.